The third-order valence-corrected chi connectivity index (χ3v) is 1.91. The van der Waals surface area contributed by atoms with Crippen molar-refractivity contribution in [3.63, 3.8) is 0 Å². The molecule has 1 fully saturated rings. The van der Waals surface area contributed by atoms with Crippen LogP contribution >= 0.6 is 0 Å². The Morgan fingerprint density at radius 1 is 1.60 bits per heavy atom. The highest BCUT2D eigenvalue weighted by Crippen LogP contribution is 2.07. The van der Waals surface area contributed by atoms with E-state index in [9.17, 15) is 9.59 Å². The molecule has 0 saturated carbocycles. The molecule has 0 atom stereocenters. The minimum Gasteiger partial charge on any atom is -0.478 e. The predicted molar refractivity (Wildman–Crippen MR) is 55.3 cm³/mol. The maximum atomic E-state index is 10.8. The Hall–Kier alpha value is -1.36. The van der Waals surface area contributed by atoms with E-state index < -0.39 is 5.97 Å². The number of hydrogen-bond acceptors (Lipinski definition) is 3. The Kier molecular flexibility index (Phi) is 6.37. The number of nitrogens with zero attached hydrogens (tertiary/aromatic N) is 1. The molecular formula is C10H17NO4. The average Bonchev–Trinajstić information content (AvgIpc) is 2.53. The van der Waals surface area contributed by atoms with Crippen LogP contribution in [0.4, 0.5) is 0 Å². The lowest BCUT2D eigenvalue weighted by molar-refractivity contribution is -0.132. The Bertz CT molecular complexity index is 238. The van der Waals surface area contributed by atoms with Gasteiger partial charge in [0.15, 0.2) is 0 Å². The van der Waals surface area contributed by atoms with Crippen molar-refractivity contribution >= 4 is 11.9 Å². The summed E-state index contributed by atoms with van der Waals surface area (Å²) >= 11 is 0. The third kappa shape index (κ3) is 5.85. The maximum Gasteiger partial charge on any atom is 0.330 e. The molecule has 5 heteroatoms. The first-order valence-corrected chi connectivity index (χ1v) is 4.76. The first kappa shape index (κ1) is 13.6. The zero-order valence-electron chi connectivity index (χ0n) is 8.90. The zero-order valence-corrected chi connectivity index (χ0v) is 8.90. The second kappa shape index (κ2) is 7.00. The molecule has 2 N–H and O–H groups in total. The molecular weight excluding hydrogens is 198 g/mol. The first-order chi connectivity index (χ1) is 6.99. The molecule has 1 amide bonds. The number of aliphatic hydroxyl groups is 1. The topological polar surface area (TPSA) is 77.8 Å². The molecule has 1 aliphatic heterocycles. The van der Waals surface area contributed by atoms with Crippen molar-refractivity contribution in [3.05, 3.63) is 12.2 Å². The zero-order chi connectivity index (χ0) is 11.8. The van der Waals surface area contributed by atoms with Gasteiger partial charge in [-0.3, -0.25) is 4.79 Å². The van der Waals surface area contributed by atoms with Crippen molar-refractivity contribution in [2.24, 2.45) is 0 Å². The second-order valence-electron chi connectivity index (χ2n) is 3.29. The highest BCUT2D eigenvalue weighted by atomic mass is 16.4. The van der Waals surface area contributed by atoms with Gasteiger partial charge in [-0.05, 0) is 13.3 Å². The van der Waals surface area contributed by atoms with E-state index in [1.807, 2.05) is 0 Å². The van der Waals surface area contributed by atoms with Crippen LogP contribution in [-0.4, -0.2) is 46.7 Å². The Morgan fingerprint density at radius 2 is 2.13 bits per heavy atom. The molecule has 0 spiro atoms. The lowest BCUT2D eigenvalue weighted by Gasteiger charge is -2.11. The second-order valence-corrected chi connectivity index (χ2v) is 3.29. The van der Waals surface area contributed by atoms with Crippen LogP contribution in [0.25, 0.3) is 0 Å². The quantitative estimate of drug-likeness (QED) is 0.661. The molecule has 0 aromatic carbocycles. The molecule has 1 aliphatic rings. The number of aliphatic carboxylic acids is 1. The van der Waals surface area contributed by atoms with Gasteiger partial charge in [-0.25, -0.2) is 4.79 Å². The van der Waals surface area contributed by atoms with Crippen LogP contribution in [0.2, 0.25) is 0 Å². The van der Waals surface area contributed by atoms with Gasteiger partial charge >= 0.3 is 5.97 Å². The number of amides is 1. The number of rotatable bonds is 3. The van der Waals surface area contributed by atoms with Crippen molar-refractivity contribution in [2.75, 3.05) is 19.7 Å². The number of β-amino-alcohol motifs (C(OH)–C–C–N with tert-alkyl or cyclic N) is 1. The summed E-state index contributed by atoms with van der Waals surface area (Å²) in [7, 11) is 0. The van der Waals surface area contributed by atoms with Crippen LogP contribution in [-0.2, 0) is 9.59 Å². The summed E-state index contributed by atoms with van der Waals surface area (Å²) in [5.41, 5.74) is 0.176. The molecule has 5 nitrogen and oxygen atoms in total. The smallest absolute Gasteiger partial charge is 0.330 e. The minimum absolute atomic E-state index is 0.0890. The van der Waals surface area contributed by atoms with Gasteiger partial charge in [-0.1, -0.05) is 6.58 Å². The minimum atomic E-state index is -0.935. The number of carboxylic acids is 1. The number of likely N-dealkylation sites (tertiary alicyclic amines) is 1. The van der Waals surface area contributed by atoms with E-state index in [0.717, 1.165) is 13.0 Å². The summed E-state index contributed by atoms with van der Waals surface area (Å²) in [4.78, 5) is 22.1. The Morgan fingerprint density at radius 3 is 2.40 bits per heavy atom. The molecule has 0 radical (unpaired) electrons. The average molecular weight is 215 g/mol. The maximum absolute atomic E-state index is 10.8. The van der Waals surface area contributed by atoms with Gasteiger partial charge in [0, 0.05) is 25.1 Å². The first-order valence-electron chi connectivity index (χ1n) is 4.76. The van der Waals surface area contributed by atoms with Gasteiger partial charge in [0.1, 0.15) is 0 Å². The number of carboxylic acid groups (broad SMARTS) is 1. The van der Waals surface area contributed by atoms with Crippen molar-refractivity contribution < 1.29 is 19.8 Å². The largest absolute Gasteiger partial charge is 0.478 e. The van der Waals surface area contributed by atoms with Gasteiger partial charge < -0.3 is 15.1 Å². The molecule has 1 heterocycles. The molecule has 1 saturated heterocycles. The van der Waals surface area contributed by atoms with E-state index in [4.69, 9.17) is 10.2 Å². The van der Waals surface area contributed by atoms with Crippen LogP contribution < -0.4 is 0 Å². The van der Waals surface area contributed by atoms with Crippen molar-refractivity contribution in [2.45, 2.75) is 19.8 Å². The third-order valence-electron chi connectivity index (χ3n) is 1.91. The molecule has 0 aromatic heterocycles. The molecule has 0 aliphatic carbocycles. The summed E-state index contributed by atoms with van der Waals surface area (Å²) in [6.45, 7) is 6.04. The normalized spacial score (nSPS) is 14.5. The van der Waals surface area contributed by atoms with E-state index >= 15 is 0 Å². The summed E-state index contributed by atoms with van der Waals surface area (Å²) in [6, 6.07) is 0. The number of hydrogen-bond donors (Lipinski definition) is 2. The van der Waals surface area contributed by atoms with Crippen LogP contribution in [0.1, 0.15) is 19.8 Å². The van der Waals surface area contributed by atoms with Crippen molar-refractivity contribution in [1.29, 1.82) is 0 Å². The fraction of sp³-hybridized carbons (Fsp3) is 0.600. The SMILES string of the molecule is C=C(C)C(=O)O.O=C1CCCN1CCO. The predicted octanol–water partition coefficient (Wildman–Crippen LogP) is 0.248. The summed E-state index contributed by atoms with van der Waals surface area (Å²) in [5.74, 6) is -0.751. The Labute approximate surface area is 89.0 Å². The van der Waals surface area contributed by atoms with Crippen molar-refractivity contribution in [1.82, 2.24) is 4.90 Å². The lowest BCUT2D eigenvalue weighted by atomic mass is 10.4. The lowest BCUT2D eigenvalue weighted by Crippen LogP contribution is -2.27. The van der Waals surface area contributed by atoms with Crippen LogP contribution in [0.5, 0.6) is 0 Å². The van der Waals surface area contributed by atoms with Crippen LogP contribution in [0.3, 0.4) is 0 Å². The van der Waals surface area contributed by atoms with E-state index in [1.165, 1.54) is 6.92 Å². The highest BCUT2D eigenvalue weighted by molar-refractivity contribution is 5.84. The van der Waals surface area contributed by atoms with Gasteiger partial charge in [-0.2, -0.15) is 0 Å². The monoisotopic (exact) mass is 215 g/mol. The molecule has 0 bridgehead atoms. The number of aliphatic hydroxyl groups excluding tert-OH is 1. The summed E-state index contributed by atoms with van der Waals surface area (Å²) in [6.07, 6.45) is 1.62. The van der Waals surface area contributed by atoms with Gasteiger partial charge in [-0.15, -0.1) is 0 Å². The highest BCUT2D eigenvalue weighted by Gasteiger charge is 2.18. The van der Waals surface area contributed by atoms with E-state index in [2.05, 4.69) is 6.58 Å². The fourth-order valence-corrected chi connectivity index (χ4v) is 1.06. The molecule has 15 heavy (non-hydrogen) atoms. The van der Waals surface area contributed by atoms with Gasteiger partial charge in [0.25, 0.3) is 0 Å². The fourth-order valence-electron chi connectivity index (χ4n) is 1.06. The van der Waals surface area contributed by atoms with E-state index in [-0.39, 0.29) is 18.1 Å². The van der Waals surface area contributed by atoms with Gasteiger partial charge in [0.2, 0.25) is 5.91 Å². The van der Waals surface area contributed by atoms with E-state index in [0.29, 0.717) is 13.0 Å². The molecule has 86 valence electrons. The van der Waals surface area contributed by atoms with Gasteiger partial charge in [0.05, 0.1) is 6.61 Å². The Balaban J connectivity index is 0.000000288. The van der Waals surface area contributed by atoms with Crippen LogP contribution in [0, 0.1) is 0 Å². The number of carbonyl (C=O) groups excluding carboxylic acids is 1. The standard InChI is InChI=1S/C6H11NO2.C4H6O2/c8-5-4-7-3-1-2-6(7)9;1-3(2)4(5)6/h8H,1-5H2;1H2,2H3,(H,5,6). The summed E-state index contributed by atoms with van der Waals surface area (Å²) in [5, 5.41) is 16.3. The van der Waals surface area contributed by atoms with Crippen molar-refractivity contribution in [3.8, 4) is 0 Å². The number of carbonyl (C=O) groups is 2. The molecule has 1 rings (SSSR count). The molecule has 0 aromatic rings. The summed E-state index contributed by atoms with van der Waals surface area (Å²) < 4.78 is 0. The van der Waals surface area contributed by atoms with E-state index in [1.54, 1.807) is 4.90 Å². The van der Waals surface area contributed by atoms with Crippen LogP contribution in [0.15, 0.2) is 12.2 Å². The molecule has 0 unspecified atom stereocenters.